The van der Waals surface area contributed by atoms with Crippen molar-refractivity contribution >= 4 is 11.6 Å². The van der Waals surface area contributed by atoms with E-state index in [2.05, 4.69) is 34.3 Å². The van der Waals surface area contributed by atoms with Gasteiger partial charge in [-0.2, -0.15) is 0 Å². The molecule has 0 fully saturated rings. The van der Waals surface area contributed by atoms with Gasteiger partial charge in [0.1, 0.15) is 5.69 Å². The number of para-hydroxylation sites is 1. The normalized spacial score (nSPS) is 16.7. The van der Waals surface area contributed by atoms with E-state index in [1.54, 1.807) is 11.9 Å². The van der Waals surface area contributed by atoms with E-state index in [0.717, 1.165) is 11.4 Å². The summed E-state index contributed by atoms with van der Waals surface area (Å²) in [4.78, 5) is 16.5. The molecule has 0 saturated heterocycles. The van der Waals surface area contributed by atoms with Crippen LogP contribution < -0.4 is 4.90 Å². The highest BCUT2D eigenvalue weighted by atomic mass is 16.2. The summed E-state index contributed by atoms with van der Waals surface area (Å²) in [5, 5.41) is 8.63. The van der Waals surface area contributed by atoms with Crippen LogP contribution in [0.4, 0.5) is 5.69 Å². The molecule has 1 aliphatic heterocycles. The van der Waals surface area contributed by atoms with Crippen LogP contribution in [-0.2, 0) is 6.54 Å². The molecule has 6 heteroatoms. The number of aryl methyl sites for hydroxylation is 1. The zero-order chi connectivity index (χ0) is 18.3. The lowest BCUT2D eigenvalue weighted by atomic mass is 10.1. The molecule has 1 aliphatic rings. The summed E-state index contributed by atoms with van der Waals surface area (Å²) in [6, 6.07) is 15.9. The first-order chi connectivity index (χ1) is 12.6. The molecule has 0 aliphatic carbocycles. The summed E-state index contributed by atoms with van der Waals surface area (Å²) in [6.45, 7) is 2.75. The second kappa shape index (κ2) is 6.29. The van der Waals surface area contributed by atoms with Gasteiger partial charge in [-0.05, 0) is 30.2 Å². The Balaban J connectivity index is 1.65. The minimum absolute atomic E-state index is 0.00264. The van der Waals surface area contributed by atoms with Crippen molar-refractivity contribution in [2.45, 2.75) is 19.6 Å². The van der Waals surface area contributed by atoms with Crippen LogP contribution in [0.5, 0.6) is 0 Å². The van der Waals surface area contributed by atoms with Crippen molar-refractivity contribution in [3.05, 3.63) is 77.1 Å². The lowest BCUT2D eigenvalue weighted by Gasteiger charge is -2.40. The van der Waals surface area contributed by atoms with Crippen molar-refractivity contribution in [3.8, 4) is 0 Å². The number of hydrogen-bond acceptors (Lipinski definition) is 4. The molecule has 4 rings (SSSR count). The minimum atomic E-state index is -0.275. The summed E-state index contributed by atoms with van der Waals surface area (Å²) in [6.07, 6.45) is 1.65. The third-order valence-electron chi connectivity index (χ3n) is 4.98. The van der Waals surface area contributed by atoms with Crippen molar-refractivity contribution < 1.29 is 4.79 Å². The second-order valence-corrected chi connectivity index (χ2v) is 6.69. The number of aromatic nitrogens is 3. The molecule has 0 saturated carbocycles. The molecule has 132 valence electrons. The van der Waals surface area contributed by atoms with E-state index in [9.17, 15) is 4.79 Å². The van der Waals surface area contributed by atoms with Crippen LogP contribution in [0, 0.1) is 6.92 Å². The van der Waals surface area contributed by atoms with Gasteiger partial charge in [-0.1, -0.05) is 41.6 Å². The molecule has 0 unspecified atom stereocenters. The second-order valence-electron chi connectivity index (χ2n) is 6.69. The zero-order valence-electron chi connectivity index (χ0n) is 15.1. The highest BCUT2D eigenvalue weighted by Crippen LogP contribution is 2.35. The molecule has 3 aromatic rings. The largest absolute Gasteiger partial charge is 0.348 e. The SMILES string of the molecule is Cc1ccccc1Cn1cc([C@H]2N(C)C(=O)c3ccccc3N2C)nn1. The van der Waals surface area contributed by atoms with Gasteiger partial charge in [0.05, 0.1) is 24.0 Å². The lowest BCUT2D eigenvalue weighted by Crippen LogP contribution is -2.45. The molecule has 1 amide bonds. The Morgan fingerprint density at radius 3 is 2.54 bits per heavy atom. The van der Waals surface area contributed by atoms with Crippen molar-refractivity contribution in [1.82, 2.24) is 19.9 Å². The van der Waals surface area contributed by atoms with Gasteiger partial charge < -0.3 is 9.80 Å². The Hall–Kier alpha value is -3.15. The smallest absolute Gasteiger partial charge is 0.257 e. The minimum Gasteiger partial charge on any atom is -0.348 e. The number of carbonyl (C=O) groups is 1. The maximum atomic E-state index is 12.7. The number of fused-ring (bicyclic) bond motifs is 1. The summed E-state index contributed by atoms with van der Waals surface area (Å²) >= 11 is 0. The number of nitrogens with zero attached hydrogens (tertiary/aromatic N) is 5. The van der Waals surface area contributed by atoms with Gasteiger partial charge in [-0.25, -0.2) is 4.68 Å². The summed E-state index contributed by atoms with van der Waals surface area (Å²) in [5.74, 6) is -0.00264. The first-order valence-corrected chi connectivity index (χ1v) is 8.60. The van der Waals surface area contributed by atoms with Gasteiger partial charge in [0, 0.05) is 14.1 Å². The summed E-state index contributed by atoms with van der Waals surface area (Å²) in [7, 11) is 3.78. The van der Waals surface area contributed by atoms with E-state index in [1.807, 2.05) is 54.3 Å². The maximum absolute atomic E-state index is 12.7. The molecular formula is C20H21N5O. The average Bonchev–Trinajstić information content (AvgIpc) is 3.10. The number of benzene rings is 2. The first kappa shape index (κ1) is 16.3. The predicted octanol–water partition coefficient (Wildman–Crippen LogP) is 2.86. The lowest BCUT2D eigenvalue weighted by molar-refractivity contribution is 0.0707. The molecule has 1 aromatic heterocycles. The third-order valence-corrected chi connectivity index (χ3v) is 4.98. The van der Waals surface area contributed by atoms with Crippen LogP contribution in [0.3, 0.4) is 0 Å². The third kappa shape index (κ3) is 2.63. The highest BCUT2D eigenvalue weighted by Gasteiger charge is 2.35. The van der Waals surface area contributed by atoms with Crippen LogP contribution in [0.15, 0.2) is 54.7 Å². The molecule has 2 heterocycles. The molecule has 26 heavy (non-hydrogen) atoms. The van der Waals surface area contributed by atoms with E-state index in [0.29, 0.717) is 12.1 Å². The van der Waals surface area contributed by atoms with Gasteiger partial charge in [-0.15, -0.1) is 5.10 Å². The van der Waals surface area contributed by atoms with E-state index >= 15 is 0 Å². The van der Waals surface area contributed by atoms with Crippen LogP contribution in [-0.4, -0.2) is 39.9 Å². The van der Waals surface area contributed by atoms with Gasteiger partial charge in [0.15, 0.2) is 6.17 Å². The number of amides is 1. The van der Waals surface area contributed by atoms with E-state index in [-0.39, 0.29) is 12.1 Å². The van der Waals surface area contributed by atoms with E-state index < -0.39 is 0 Å². The highest BCUT2D eigenvalue weighted by molar-refractivity contribution is 6.01. The molecule has 2 aromatic carbocycles. The Labute approximate surface area is 152 Å². The van der Waals surface area contributed by atoms with Crippen molar-refractivity contribution in [2.24, 2.45) is 0 Å². The standard InChI is InChI=1S/C20H21N5O/c1-14-8-4-5-9-15(14)12-25-13-17(21-22-25)19-23(2)18-11-7-6-10-16(18)20(26)24(19)3/h4-11,13,19H,12H2,1-3H3/t19-/m1/s1. The molecular weight excluding hydrogens is 326 g/mol. The van der Waals surface area contributed by atoms with Gasteiger partial charge in [0.2, 0.25) is 0 Å². The van der Waals surface area contributed by atoms with Gasteiger partial charge in [0.25, 0.3) is 5.91 Å². The first-order valence-electron chi connectivity index (χ1n) is 8.60. The molecule has 0 spiro atoms. The molecule has 0 radical (unpaired) electrons. The number of carbonyl (C=O) groups excluding carboxylic acids is 1. The Bertz CT molecular complexity index is 964. The zero-order valence-corrected chi connectivity index (χ0v) is 15.1. The van der Waals surface area contributed by atoms with Gasteiger partial charge in [-0.3, -0.25) is 4.79 Å². The molecule has 0 bridgehead atoms. The predicted molar refractivity (Wildman–Crippen MR) is 100.0 cm³/mol. The summed E-state index contributed by atoms with van der Waals surface area (Å²) in [5.41, 5.74) is 4.80. The topological polar surface area (TPSA) is 54.3 Å². The quantitative estimate of drug-likeness (QED) is 0.731. The molecule has 0 N–H and O–H groups in total. The fourth-order valence-corrected chi connectivity index (χ4v) is 3.52. The van der Waals surface area contributed by atoms with E-state index in [1.165, 1.54) is 11.1 Å². The Kier molecular flexibility index (Phi) is 3.95. The average molecular weight is 347 g/mol. The van der Waals surface area contributed by atoms with Crippen molar-refractivity contribution in [2.75, 3.05) is 19.0 Å². The molecule has 1 atom stereocenters. The number of anilines is 1. The number of rotatable bonds is 3. The maximum Gasteiger partial charge on any atom is 0.257 e. The fourth-order valence-electron chi connectivity index (χ4n) is 3.52. The van der Waals surface area contributed by atoms with Crippen LogP contribution in [0.25, 0.3) is 0 Å². The van der Waals surface area contributed by atoms with Crippen molar-refractivity contribution in [3.63, 3.8) is 0 Å². The Morgan fingerprint density at radius 1 is 1.00 bits per heavy atom. The van der Waals surface area contributed by atoms with Crippen LogP contribution in [0.2, 0.25) is 0 Å². The van der Waals surface area contributed by atoms with Crippen molar-refractivity contribution in [1.29, 1.82) is 0 Å². The monoisotopic (exact) mass is 347 g/mol. The van der Waals surface area contributed by atoms with E-state index in [4.69, 9.17) is 0 Å². The van der Waals surface area contributed by atoms with Crippen LogP contribution >= 0.6 is 0 Å². The molecule has 6 nitrogen and oxygen atoms in total. The van der Waals surface area contributed by atoms with Gasteiger partial charge >= 0.3 is 0 Å². The fraction of sp³-hybridized carbons (Fsp3) is 0.250. The van der Waals surface area contributed by atoms with Crippen LogP contribution in [0.1, 0.15) is 33.3 Å². The summed E-state index contributed by atoms with van der Waals surface area (Å²) < 4.78 is 1.82. The Morgan fingerprint density at radius 2 is 1.73 bits per heavy atom. The number of hydrogen-bond donors (Lipinski definition) is 0.